The van der Waals surface area contributed by atoms with Crippen molar-refractivity contribution in [3.63, 3.8) is 0 Å². The molecular formula is C37H51F2N3O3S3. The van der Waals surface area contributed by atoms with Crippen molar-refractivity contribution in [3.05, 3.63) is 101 Å². The molecule has 2 atom stereocenters. The minimum atomic E-state index is -4.16. The first kappa shape index (κ1) is 40.0. The average Bonchev–Trinajstić information content (AvgIpc) is 3.11. The fourth-order valence-corrected chi connectivity index (χ4v) is 6.90. The zero-order valence-corrected chi connectivity index (χ0v) is 30.9. The minimum absolute atomic E-state index is 0.0582. The van der Waals surface area contributed by atoms with Crippen molar-refractivity contribution in [2.24, 2.45) is 5.16 Å². The summed E-state index contributed by atoms with van der Waals surface area (Å²) in [4.78, 5) is 0.0582. The van der Waals surface area contributed by atoms with Gasteiger partial charge in [0.15, 0.2) is 0 Å². The van der Waals surface area contributed by atoms with Crippen molar-refractivity contribution in [1.29, 1.82) is 0 Å². The normalized spacial score (nSPS) is 12.9. The maximum Gasteiger partial charge on any atom is 0.358 e. The lowest BCUT2D eigenvalue weighted by molar-refractivity contribution is 0.335. The molecule has 3 aromatic rings. The van der Waals surface area contributed by atoms with Crippen molar-refractivity contribution >= 4 is 40.5 Å². The maximum atomic E-state index is 13.3. The van der Waals surface area contributed by atoms with Crippen molar-refractivity contribution in [2.45, 2.75) is 121 Å². The Kier molecular flexibility index (Phi) is 18.6. The summed E-state index contributed by atoms with van der Waals surface area (Å²) in [6.07, 6.45) is 13.7. The van der Waals surface area contributed by atoms with Crippen LogP contribution in [0.15, 0.2) is 82.8 Å². The van der Waals surface area contributed by atoms with Crippen LogP contribution in [0.3, 0.4) is 0 Å². The number of unbranched alkanes of at least 4 members (excludes halogenated alkanes) is 9. The summed E-state index contributed by atoms with van der Waals surface area (Å²) in [5.41, 5.74) is 5.28. The number of halogens is 2. The molecule has 3 rings (SSSR count). The van der Waals surface area contributed by atoms with Gasteiger partial charge in [-0.25, -0.2) is 9.44 Å². The molecule has 2 unspecified atom stereocenters. The van der Waals surface area contributed by atoms with Crippen molar-refractivity contribution in [1.82, 2.24) is 9.44 Å². The van der Waals surface area contributed by atoms with Gasteiger partial charge in [0.2, 0.25) is 0 Å². The Balaban J connectivity index is 1.67. The van der Waals surface area contributed by atoms with E-state index in [0.29, 0.717) is 18.8 Å². The highest BCUT2D eigenvalue weighted by atomic mass is 32.2. The summed E-state index contributed by atoms with van der Waals surface area (Å²) in [6.45, 7) is 6.89. The maximum absolute atomic E-state index is 13.3. The lowest BCUT2D eigenvalue weighted by atomic mass is 9.84. The van der Waals surface area contributed by atoms with Crippen molar-refractivity contribution in [3.8, 4) is 0 Å². The second kappa shape index (κ2) is 22.3. The molecule has 0 saturated carbocycles. The van der Waals surface area contributed by atoms with E-state index in [1.165, 1.54) is 57.8 Å². The van der Waals surface area contributed by atoms with Gasteiger partial charge in [0.25, 0.3) is 0 Å². The lowest BCUT2D eigenvalue weighted by Crippen LogP contribution is -2.19. The lowest BCUT2D eigenvalue weighted by Gasteiger charge is -2.21. The van der Waals surface area contributed by atoms with E-state index < -0.39 is 10.1 Å². The fraction of sp³-hybridized carbons (Fsp3) is 0.486. The minimum Gasteiger partial charge on any atom is -0.265 e. The molecule has 48 heavy (non-hydrogen) atoms. The molecule has 0 radical (unpaired) electrons. The van der Waals surface area contributed by atoms with Crippen LogP contribution in [0.4, 0.5) is 7.77 Å². The SMILES string of the molecule is CCCCCCCCCCCCc1ccc(S(=O)(=O)ON=C(C(C)c2ccc(CNSF)cc2)C(C)c2ccc(CNSF)cc2)cc1. The number of nitrogens with zero attached hydrogens (tertiary/aromatic N) is 1. The van der Waals surface area contributed by atoms with Gasteiger partial charge < -0.3 is 0 Å². The number of hydrogen-bond donors (Lipinski definition) is 2. The molecule has 2 N–H and O–H groups in total. The van der Waals surface area contributed by atoms with Crippen LogP contribution in [-0.2, 0) is 33.9 Å². The summed E-state index contributed by atoms with van der Waals surface area (Å²) in [7, 11) is -4.16. The molecule has 264 valence electrons. The molecule has 0 fully saturated rings. The van der Waals surface area contributed by atoms with E-state index in [1.54, 1.807) is 12.1 Å². The number of aryl methyl sites for hydroxylation is 1. The topological polar surface area (TPSA) is 79.8 Å². The molecule has 0 aliphatic rings. The highest BCUT2D eigenvalue weighted by Gasteiger charge is 2.24. The largest absolute Gasteiger partial charge is 0.358 e. The van der Waals surface area contributed by atoms with E-state index in [1.807, 2.05) is 74.5 Å². The van der Waals surface area contributed by atoms with Crippen molar-refractivity contribution in [2.75, 3.05) is 0 Å². The Bertz CT molecular complexity index is 1400. The molecule has 0 aromatic heterocycles. The number of oxime groups is 1. The Morgan fingerprint density at radius 2 is 1.08 bits per heavy atom. The number of hydrogen-bond acceptors (Lipinski definition) is 8. The van der Waals surface area contributed by atoms with E-state index >= 15 is 0 Å². The molecule has 6 nitrogen and oxygen atoms in total. The van der Waals surface area contributed by atoms with Crippen LogP contribution in [0.2, 0.25) is 0 Å². The van der Waals surface area contributed by atoms with Gasteiger partial charge in [-0.3, -0.25) is 4.28 Å². The smallest absolute Gasteiger partial charge is 0.265 e. The predicted octanol–water partition coefficient (Wildman–Crippen LogP) is 11.1. The molecule has 0 spiro atoms. The molecule has 0 aliphatic heterocycles. The number of benzene rings is 3. The first-order chi connectivity index (χ1) is 23.3. The van der Waals surface area contributed by atoms with Gasteiger partial charge in [-0.2, -0.15) is 8.42 Å². The quantitative estimate of drug-likeness (QED) is 0.0413. The number of nitrogens with one attached hydrogen (secondary N) is 2. The van der Waals surface area contributed by atoms with E-state index in [0.717, 1.165) is 40.7 Å². The highest BCUT2D eigenvalue weighted by molar-refractivity contribution is 7.92. The van der Waals surface area contributed by atoms with Crippen molar-refractivity contribution < 1.29 is 20.5 Å². The second-order valence-electron chi connectivity index (χ2n) is 12.3. The Morgan fingerprint density at radius 3 is 1.52 bits per heavy atom. The van der Waals surface area contributed by atoms with Gasteiger partial charge in [0, 0.05) is 24.9 Å². The van der Waals surface area contributed by atoms with Crippen LogP contribution in [0, 0.1) is 0 Å². The molecule has 11 heteroatoms. The summed E-state index contributed by atoms with van der Waals surface area (Å²) >= 11 is 0.137. The Morgan fingerprint density at radius 1 is 0.667 bits per heavy atom. The van der Waals surface area contributed by atoms with E-state index in [-0.39, 0.29) is 41.4 Å². The average molecular weight is 720 g/mol. The highest BCUT2D eigenvalue weighted by Crippen LogP contribution is 2.29. The second-order valence-corrected chi connectivity index (χ2v) is 14.8. The monoisotopic (exact) mass is 719 g/mol. The van der Waals surface area contributed by atoms with Crippen LogP contribution in [-0.4, -0.2) is 14.1 Å². The van der Waals surface area contributed by atoms with Gasteiger partial charge in [-0.1, -0.05) is 144 Å². The standard InChI is InChI=1S/C37H51F2N3O3S3/c1-4-5-6-7-8-9-10-11-12-13-14-31-19-25-36(26-20-31)48(43,44)45-42-37(29(2)34-21-15-32(16-22-34)27-40-46-38)30(3)35-23-17-33(18-24-35)28-41-47-39/h15-26,29-30,40-41H,4-14,27-28H2,1-3H3. The summed E-state index contributed by atoms with van der Waals surface area (Å²) in [5, 5.41) is 4.29. The van der Waals surface area contributed by atoms with Gasteiger partial charge in [-0.05, 0) is 52.8 Å². The van der Waals surface area contributed by atoms with Gasteiger partial charge in [0.05, 0.1) is 5.71 Å². The molecular weight excluding hydrogens is 669 g/mol. The van der Waals surface area contributed by atoms with Gasteiger partial charge in [-0.15, -0.1) is 7.77 Å². The third kappa shape index (κ3) is 13.8. The molecule has 0 amide bonds. The summed E-state index contributed by atoms with van der Waals surface area (Å²) in [6, 6.07) is 22.2. The van der Waals surface area contributed by atoms with Crippen LogP contribution in [0.25, 0.3) is 0 Å². The van der Waals surface area contributed by atoms with E-state index in [9.17, 15) is 16.2 Å². The first-order valence-electron chi connectivity index (χ1n) is 17.1. The molecule has 0 bridgehead atoms. The molecule has 0 heterocycles. The van der Waals surface area contributed by atoms with Gasteiger partial charge >= 0.3 is 10.1 Å². The predicted molar refractivity (Wildman–Crippen MR) is 198 cm³/mol. The fourth-order valence-electron chi connectivity index (χ4n) is 5.72. The first-order valence-corrected chi connectivity index (χ1v) is 19.9. The van der Waals surface area contributed by atoms with Crippen LogP contribution >= 0.6 is 24.7 Å². The summed E-state index contributed by atoms with van der Waals surface area (Å²) in [5.74, 6) is -0.582. The van der Waals surface area contributed by atoms with Crippen LogP contribution in [0.5, 0.6) is 0 Å². The molecule has 0 aliphatic carbocycles. The Hall–Kier alpha value is -2.44. The van der Waals surface area contributed by atoms with Gasteiger partial charge in [0.1, 0.15) is 29.6 Å². The summed E-state index contributed by atoms with van der Waals surface area (Å²) < 4.78 is 62.1. The van der Waals surface area contributed by atoms with E-state index in [2.05, 4.69) is 21.5 Å². The molecule has 3 aromatic carbocycles. The zero-order chi connectivity index (χ0) is 34.6. The zero-order valence-electron chi connectivity index (χ0n) is 28.4. The third-order valence-corrected chi connectivity index (χ3v) is 10.4. The van der Waals surface area contributed by atoms with Crippen LogP contribution in [0.1, 0.15) is 125 Å². The Labute approximate surface area is 296 Å². The molecule has 0 saturated heterocycles. The number of rotatable bonds is 24. The third-order valence-electron chi connectivity index (χ3n) is 8.78. The van der Waals surface area contributed by atoms with E-state index in [4.69, 9.17) is 4.28 Å². The van der Waals surface area contributed by atoms with Crippen LogP contribution < -0.4 is 9.44 Å².